The molecule has 1 heterocycles. The number of aliphatic imine (C=N–C) groups is 1. The number of pyridine rings is 1. The number of guanidine groups is 1. The molecule has 0 saturated carbocycles. The third kappa shape index (κ3) is 2.23. The third-order valence-electron chi connectivity index (χ3n) is 1.01. The first kappa shape index (κ1) is 7.49. The van der Waals surface area contributed by atoms with Crippen LogP contribution in [0.3, 0.4) is 0 Å². The summed E-state index contributed by atoms with van der Waals surface area (Å²) in [6.45, 7) is 0. The number of nitrogens with two attached hydrogens (primary N) is 1. The summed E-state index contributed by atoms with van der Waals surface area (Å²) >= 11 is 0. The molecule has 5 nitrogen and oxygen atoms in total. The molecular formula is C6H8N4O. The van der Waals surface area contributed by atoms with Gasteiger partial charge in [0.1, 0.15) is 0 Å². The van der Waals surface area contributed by atoms with Crippen molar-refractivity contribution in [2.24, 2.45) is 10.7 Å². The molecule has 1 aromatic rings. The van der Waals surface area contributed by atoms with Crippen molar-refractivity contribution in [2.75, 3.05) is 0 Å². The quantitative estimate of drug-likeness (QED) is 0.300. The molecule has 1 aromatic heterocycles. The molecule has 0 aromatic carbocycles. The Morgan fingerprint density at radius 1 is 1.73 bits per heavy atom. The van der Waals surface area contributed by atoms with Gasteiger partial charge in [-0.05, 0) is 12.1 Å². The SMILES string of the molecule is NC(=Nc1cccnc1)NO. The summed E-state index contributed by atoms with van der Waals surface area (Å²) in [5.74, 6) is -0.0574. The standard InChI is InChI=1S/C6H8N4O/c7-6(10-11)9-5-2-1-3-8-4-5/h1-4,11H,(H3,7,9,10). The maximum atomic E-state index is 8.27. The Balaban J connectivity index is 2.79. The second-order valence-electron chi connectivity index (χ2n) is 1.82. The Morgan fingerprint density at radius 2 is 2.55 bits per heavy atom. The lowest BCUT2D eigenvalue weighted by molar-refractivity contribution is 0.233. The van der Waals surface area contributed by atoms with Crippen LogP contribution in [0.5, 0.6) is 0 Å². The highest BCUT2D eigenvalue weighted by Crippen LogP contribution is 2.05. The van der Waals surface area contributed by atoms with Gasteiger partial charge in [-0.25, -0.2) is 10.5 Å². The van der Waals surface area contributed by atoms with Gasteiger partial charge in [-0.1, -0.05) is 0 Å². The molecular weight excluding hydrogens is 144 g/mol. The van der Waals surface area contributed by atoms with Gasteiger partial charge in [0.15, 0.2) is 0 Å². The van der Waals surface area contributed by atoms with Crippen LogP contribution in [-0.2, 0) is 0 Å². The second kappa shape index (κ2) is 3.52. The Labute approximate surface area is 63.5 Å². The van der Waals surface area contributed by atoms with Gasteiger partial charge in [0.2, 0.25) is 5.96 Å². The van der Waals surface area contributed by atoms with Crippen molar-refractivity contribution in [1.29, 1.82) is 0 Å². The molecule has 0 saturated heterocycles. The monoisotopic (exact) mass is 152 g/mol. The van der Waals surface area contributed by atoms with Crippen LogP contribution in [0.15, 0.2) is 29.5 Å². The van der Waals surface area contributed by atoms with Crippen molar-refractivity contribution in [3.05, 3.63) is 24.5 Å². The summed E-state index contributed by atoms with van der Waals surface area (Å²) in [6, 6.07) is 3.45. The molecule has 0 aliphatic heterocycles. The fraction of sp³-hybridized carbons (Fsp3) is 0. The zero-order chi connectivity index (χ0) is 8.10. The van der Waals surface area contributed by atoms with Crippen LogP contribution in [0.1, 0.15) is 0 Å². The summed E-state index contributed by atoms with van der Waals surface area (Å²) in [7, 11) is 0. The van der Waals surface area contributed by atoms with Gasteiger partial charge in [-0.15, -0.1) is 0 Å². The Morgan fingerprint density at radius 3 is 3.09 bits per heavy atom. The molecule has 1 rings (SSSR count). The van der Waals surface area contributed by atoms with Gasteiger partial charge >= 0.3 is 0 Å². The lowest BCUT2D eigenvalue weighted by Gasteiger charge is -1.95. The fourth-order valence-corrected chi connectivity index (χ4v) is 0.584. The number of hydroxylamine groups is 1. The van der Waals surface area contributed by atoms with E-state index in [1.54, 1.807) is 23.8 Å². The molecule has 0 aliphatic rings. The largest absolute Gasteiger partial charge is 0.368 e. The molecule has 11 heavy (non-hydrogen) atoms. The number of nitrogens with zero attached hydrogens (tertiary/aromatic N) is 2. The molecule has 0 unspecified atom stereocenters. The van der Waals surface area contributed by atoms with Gasteiger partial charge < -0.3 is 5.73 Å². The van der Waals surface area contributed by atoms with Gasteiger partial charge in [0.05, 0.1) is 11.9 Å². The van der Waals surface area contributed by atoms with E-state index < -0.39 is 0 Å². The first-order valence-corrected chi connectivity index (χ1v) is 2.97. The van der Waals surface area contributed by atoms with Crippen molar-refractivity contribution in [1.82, 2.24) is 10.5 Å². The van der Waals surface area contributed by atoms with Crippen LogP contribution in [0, 0.1) is 0 Å². The van der Waals surface area contributed by atoms with E-state index in [-0.39, 0.29) is 5.96 Å². The molecule has 0 spiro atoms. The smallest absolute Gasteiger partial charge is 0.218 e. The van der Waals surface area contributed by atoms with E-state index in [0.29, 0.717) is 5.69 Å². The molecule has 0 bridgehead atoms. The van der Waals surface area contributed by atoms with Crippen LogP contribution >= 0.6 is 0 Å². The molecule has 5 heteroatoms. The number of hydrogen-bond donors (Lipinski definition) is 3. The lowest BCUT2D eigenvalue weighted by atomic mass is 10.4. The molecule has 0 amide bonds. The summed E-state index contributed by atoms with van der Waals surface area (Å²) < 4.78 is 0. The summed E-state index contributed by atoms with van der Waals surface area (Å²) in [4.78, 5) is 7.55. The summed E-state index contributed by atoms with van der Waals surface area (Å²) in [5, 5.41) is 8.27. The predicted octanol–water partition coefficient (Wildman–Crippen LogP) is 0.00660. The van der Waals surface area contributed by atoms with E-state index in [9.17, 15) is 0 Å². The van der Waals surface area contributed by atoms with E-state index in [0.717, 1.165) is 0 Å². The maximum Gasteiger partial charge on any atom is 0.218 e. The van der Waals surface area contributed by atoms with Crippen molar-refractivity contribution < 1.29 is 5.21 Å². The average Bonchev–Trinajstić information content (AvgIpc) is 2.06. The van der Waals surface area contributed by atoms with E-state index in [1.807, 2.05) is 0 Å². The van der Waals surface area contributed by atoms with Crippen LogP contribution in [0.2, 0.25) is 0 Å². The van der Waals surface area contributed by atoms with Crippen molar-refractivity contribution in [3.63, 3.8) is 0 Å². The molecule has 0 fully saturated rings. The first-order valence-electron chi connectivity index (χ1n) is 2.97. The molecule has 0 radical (unpaired) electrons. The van der Waals surface area contributed by atoms with Gasteiger partial charge in [0, 0.05) is 6.20 Å². The van der Waals surface area contributed by atoms with Crippen LogP contribution in [0.25, 0.3) is 0 Å². The van der Waals surface area contributed by atoms with Gasteiger partial charge in [-0.2, -0.15) is 0 Å². The van der Waals surface area contributed by atoms with Crippen LogP contribution in [-0.4, -0.2) is 16.2 Å². The molecule has 4 N–H and O–H groups in total. The number of rotatable bonds is 1. The van der Waals surface area contributed by atoms with E-state index >= 15 is 0 Å². The number of aromatic nitrogens is 1. The number of nitrogens with one attached hydrogen (secondary N) is 1. The van der Waals surface area contributed by atoms with Crippen molar-refractivity contribution in [3.8, 4) is 0 Å². The summed E-state index contributed by atoms with van der Waals surface area (Å²) in [5.41, 5.74) is 7.47. The van der Waals surface area contributed by atoms with E-state index in [2.05, 4.69) is 9.98 Å². The predicted molar refractivity (Wildman–Crippen MR) is 40.4 cm³/mol. The molecule has 0 aliphatic carbocycles. The number of hydrogen-bond acceptors (Lipinski definition) is 3. The fourth-order valence-electron chi connectivity index (χ4n) is 0.584. The lowest BCUT2D eigenvalue weighted by Crippen LogP contribution is -2.27. The first-order chi connectivity index (χ1) is 5.33. The highest BCUT2D eigenvalue weighted by atomic mass is 16.5. The van der Waals surface area contributed by atoms with Gasteiger partial charge in [-0.3, -0.25) is 10.2 Å². The topological polar surface area (TPSA) is 83.5 Å². The average molecular weight is 152 g/mol. The highest BCUT2D eigenvalue weighted by molar-refractivity contribution is 5.79. The zero-order valence-electron chi connectivity index (χ0n) is 5.73. The van der Waals surface area contributed by atoms with Crippen molar-refractivity contribution >= 4 is 11.6 Å². The minimum Gasteiger partial charge on any atom is -0.368 e. The minimum atomic E-state index is -0.0574. The Kier molecular flexibility index (Phi) is 2.40. The zero-order valence-corrected chi connectivity index (χ0v) is 5.73. The molecule has 58 valence electrons. The summed E-state index contributed by atoms with van der Waals surface area (Å²) in [6.07, 6.45) is 3.16. The normalized spacial score (nSPS) is 11.2. The minimum absolute atomic E-state index is 0.0574. The Hall–Kier alpha value is -1.62. The van der Waals surface area contributed by atoms with Crippen LogP contribution < -0.4 is 11.2 Å². The molecule has 0 atom stereocenters. The van der Waals surface area contributed by atoms with Gasteiger partial charge in [0.25, 0.3) is 0 Å². The van der Waals surface area contributed by atoms with Crippen LogP contribution in [0.4, 0.5) is 5.69 Å². The highest BCUT2D eigenvalue weighted by Gasteiger charge is 1.88. The Bertz CT molecular complexity index is 246. The third-order valence-corrected chi connectivity index (χ3v) is 1.01. The van der Waals surface area contributed by atoms with E-state index in [4.69, 9.17) is 10.9 Å². The second-order valence-corrected chi connectivity index (χ2v) is 1.82. The van der Waals surface area contributed by atoms with Crippen molar-refractivity contribution in [2.45, 2.75) is 0 Å². The van der Waals surface area contributed by atoms with E-state index in [1.165, 1.54) is 6.20 Å². The maximum absolute atomic E-state index is 8.27.